The van der Waals surface area contributed by atoms with Gasteiger partial charge in [0.05, 0.1) is 5.75 Å². The second-order valence-corrected chi connectivity index (χ2v) is 8.04. The first kappa shape index (κ1) is 15.2. The normalized spacial score (nSPS) is 11.7. The van der Waals surface area contributed by atoms with Crippen LogP contribution >= 0.6 is 8.15 Å². The minimum atomic E-state index is -3.50. The number of benzene rings is 2. The summed E-state index contributed by atoms with van der Waals surface area (Å²) in [6, 6.07) is 19.0. The molecule has 0 aromatic heterocycles. The van der Waals surface area contributed by atoms with Gasteiger partial charge in [-0.15, -0.1) is 0 Å². The zero-order valence-corrected chi connectivity index (χ0v) is 13.0. The molecule has 2 aromatic rings. The maximum Gasteiger partial charge on any atom is 0.270 e. The van der Waals surface area contributed by atoms with Crippen LogP contribution in [0.5, 0.6) is 0 Å². The van der Waals surface area contributed by atoms with Gasteiger partial charge in [-0.3, -0.25) is 0 Å². The Kier molecular flexibility index (Phi) is 5.30. The number of rotatable bonds is 6. The SMILES string of the molecule is CCCS(=O)(=O)OP(c1ccccc1)c1ccccc1. The highest BCUT2D eigenvalue weighted by Crippen LogP contribution is 2.37. The standard InChI is InChI=1S/C15H17O3PS/c1-2-13-20(16,17)18-19(14-9-5-3-6-10-14)15-11-7-4-8-12-15/h3-12H,2,13H2,1H3. The van der Waals surface area contributed by atoms with E-state index in [2.05, 4.69) is 0 Å². The zero-order valence-electron chi connectivity index (χ0n) is 11.3. The Hall–Kier alpha value is -1.22. The Balaban J connectivity index is 2.36. The molecule has 2 rings (SSSR count). The van der Waals surface area contributed by atoms with Gasteiger partial charge >= 0.3 is 0 Å². The molecule has 0 fully saturated rings. The van der Waals surface area contributed by atoms with E-state index in [0.717, 1.165) is 10.6 Å². The highest BCUT2D eigenvalue weighted by Gasteiger charge is 2.22. The van der Waals surface area contributed by atoms with Gasteiger partial charge in [-0.25, -0.2) is 3.97 Å². The largest absolute Gasteiger partial charge is 0.270 e. The molecule has 0 unspecified atom stereocenters. The predicted molar refractivity (Wildman–Crippen MR) is 84.2 cm³/mol. The second-order valence-electron chi connectivity index (χ2n) is 4.30. The van der Waals surface area contributed by atoms with Crippen molar-refractivity contribution in [1.82, 2.24) is 0 Å². The fourth-order valence-corrected chi connectivity index (χ4v) is 5.34. The zero-order chi connectivity index (χ0) is 14.4. The first-order chi connectivity index (χ1) is 9.62. The third kappa shape index (κ3) is 4.14. The lowest BCUT2D eigenvalue weighted by Gasteiger charge is -2.17. The van der Waals surface area contributed by atoms with Gasteiger partial charge in [0.25, 0.3) is 10.1 Å². The van der Waals surface area contributed by atoms with Crippen molar-refractivity contribution in [2.24, 2.45) is 0 Å². The lowest BCUT2D eigenvalue weighted by molar-refractivity contribution is 0.511. The first-order valence-corrected chi connectivity index (χ1v) is 9.28. The van der Waals surface area contributed by atoms with E-state index in [9.17, 15) is 8.42 Å². The highest BCUT2D eigenvalue weighted by atomic mass is 32.2. The van der Waals surface area contributed by atoms with E-state index in [1.807, 2.05) is 67.6 Å². The Bertz CT molecular complexity index is 587. The van der Waals surface area contributed by atoms with Gasteiger partial charge in [0.15, 0.2) is 0 Å². The van der Waals surface area contributed by atoms with Crippen molar-refractivity contribution in [2.45, 2.75) is 13.3 Å². The van der Waals surface area contributed by atoms with Crippen molar-refractivity contribution in [3.63, 3.8) is 0 Å². The first-order valence-electron chi connectivity index (χ1n) is 6.45. The Morgan fingerprint density at radius 2 is 1.35 bits per heavy atom. The van der Waals surface area contributed by atoms with Gasteiger partial charge in [0.1, 0.15) is 8.15 Å². The summed E-state index contributed by atoms with van der Waals surface area (Å²) in [6.07, 6.45) is 0.551. The monoisotopic (exact) mass is 308 g/mol. The molecular weight excluding hydrogens is 291 g/mol. The average molecular weight is 308 g/mol. The lowest BCUT2D eigenvalue weighted by Crippen LogP contribution is -2.18. The van der Waals surface area contributed by atoms with Crippen LogP contribution in [0.4, 0.5) is 0 Å². The van der Waals surface area contributed by atoms with Crippen LogP contribution in [0.2, 0.25) is 0 Å². The summed E-state index contributed by atoms with van der Waals surface area (Å²) in [6.45, 7) is 1.83. The van der Waals surface area contributed by atoms with Gasteiger partial charge < -0.3 is 0 Å². The maximum absolute atomic E-state index is 12.0. The van der Waals surface area contributed by atoms with E-state index in [-0.39, 0.29) is 5.75 Å². The molecular formula is C15H17O3PS. The maximum atomic E-state index is 12.0. The van der Waals surface area contributed by atoms with Crippen LogP contribution in [0.3, 0.4) is 0 Å². The van der Waals surface area contributed by atoms with Crippen molar-refractivity contribution in [2.75, 3.05) is 5.75 Å². The minimum Gasteiger partial charge on any atom is -0.238 e. The number of hydrogen-bond acceptors (Lipinski definition) is 3. The molecule has 0 amide bonds. The Labute approximate surface area is 121 Å². The van der Waals surface area contributed by atoms with Crippen molar-refractivity contribution in [1.29, 1.82) is 0 Å². The fraction of sp³-hybridized carbons (Fsp3) is 0.200. The van der Waals surface area contributed by atoms with Crippen molar-refractivity contribution in [3.8, 4) is 0 Å². The fourth-order valence-electron chi connectivity index (χ4n) is 1.76. The molecule has 0 spiro atoms. The van der Waals surface area contributed by atoms with Crippen LogP contribution in [-0.4, -0.2) is 14.2 Å². The molecule has 0 aliphatic rings. The van der Waals surface area contributed by atoms with Gasteiger partial charge in [0, 0.05) is 10.6 Å². The summed E-state index contributed by atoms with van der Waals surface area (Å²) in [5, 5.41) is 1.79. The molecule has 0 aliphatic heterocycles. The van der Waals surface area contributed by atoms with E-state index in [1.165, 1.54) is 0 Å². The van der Waals surface area contributed by atoms with Crippen LogP contribution in [0.1, 0.15) is 13.3 Å². The van der Waals surface area contributed by atoms with Crippen LogP contribution in [0.25, 0.3) is 0 Å². The Morgan fingerprint density at radius 1 is 0.900 bits per heavy atom. The van der Waals surface area contributed by atoms with E-state index in [1.54, 1.807) is 0 Å². The average Bonchev–Trinajstić information content (AvgIpc) is 2.47. The number of hydrogen-bond donors (Lipinski definition) is 0. The molecule has 0 N–H and O–H groups in total. The molecule has 0 atom stereocenters. The quantitative estimate of drug-likeness (QED) is 0.771. The molecule has 106 valence electrons. The van der Waals surface area contributed by atoms with Crippen LogP contribution in [0, 0.1) is 0 Å². The summed E-state index contributed by atoms with van der Waals surface area (Å²) in [5.74, 6) is 0.0471. The molecule has 0 saturated heterocycles. The molecule has 0 heterocycles. The van der Waals surface area contributed by atoms with Gasteiger partial charge in [-0.05, 0) is 6.42 Å². The minimum absolute atomic E-state index is 0.0471. The summed E-state index contributed by atoms with van der Waals surface area (Å²) < 4.78 is 29.5. The summed E-state index contributed by atoms with van der Waals surface area (Å²) in [5.41, 5.74) is 0. The smallest absolute Gasteiger partial charge is 0.238 e. The summed E-state index contributed by atoms with van der Waals surface area (Å²) >= 11 is 0. The van der Waals surface area contributed by atoms with E-state index in [4.69, 9.17) is 3.97 Å². The van der Waals surface area contributed by atoms with Crippen molar-refractivity contribution in [3.05, 3.63) is 60.7 Å². The summed E-state index contributed by atoms with van der Waals surface area (Å²) in [4.78, 5) is 0. The molecule has 0 aliphatic carbocycles. The van der Waals surface area contributed by atoms with Crippen LogP contribution in [0.15, 0.2) is 60.7 Å². The van der Waals surface area contributed by atoms with Crippen LogP contribution < -0.4 is 10.6 Å². The third-order valence-electron chi connectivity index (χ3n) is 2.62. The van der Waals surface area contributed by atoms with E-state index in [0.29, 0.717) is 6.42 Å². The molecule has 20 heavy (non-hydrogen) atoms. The third-order valence-corrected chi connectivity index (χ3v) is 6.57. The molecule has 0 bridgehead atoms. The molecule has 3 nitrogen and oxygen atoms in total. The van der Waals surface area contributed by atoms with E-state index < -0.39 is 18.3 Å². The molecule has 0 saturated carbocycles. The van der Waals surface area contributed by atoms with Crippen molar-refractivity contribution >= 4 is 28.9 Å². The molecule has 2 aromatic carbocycles. The lowest BCUT2D eigenvalue weighted by atomic mass is 10.4. The molecule has 5 heteroatoms. The highest BCUT2D eigenvalue weighted by molar-refractivity contribution is 7.93. The van der Waals surface area contributed by atoms with Crippen LogP contribution in [-0.2, 0) is 14.1 Å². The predicted octanol–water partition coefficient (Wildman–Crippen LogP) is 2.79. The summed E-state index contributed by atoms with van der Waals surface area (Å²) in [7, 11) is -4.84. The van der Waals surface area contributed by atoms with Crippen molar-refractivity contribution < 1.29 is 12.4 Å². The van der Waals surface area contributed by atoms with Gasteiger partial charge in [0.2, 0.25) is 0 Å². The van der Waals surface area contributed by atoms with Gasteiger partial charge in [-0.1, -0.05) is 67.6 Å². The van der Waals surface area contributed by atoms with Gasteiger partial charge in [-0.2, -0.15) is 8.42 Å². The van der Waals surface area contributed by atoms with E-state index >= 15 is 0 Å². The topological polar surface area (TPSA) is 43.4 Å². The second kappa shape index (κ2) is 6.98. The Morgan fingerprint density at radius 3 is 1.75 bits per heavy atom. The molecule has 0 radical (unpaired) electrons.